The fourth-order valence-electron chi connectivity index (χ4n) is 4.28. The van der Waals surface area contributed by atoms with E-state index in [1.807, 2.05) is 30.3 Å². The van der Waals surface area contributed by atoms with Gasteiger partial charge in [-0.3, -0.25) is 14.6 Å². The van der Waals surface area contributed by atoms with Gasteiger partial charge in [-0.25, -0.2) is 0 Å². The molecule has 0 spiro atoms. The Labute approximate surface area is 171 Å². The first kappa shape index (κ1) is 19.6. The lowest BCUT2D eigenvalue weighted by Gasteiger charge is -2.36. The summed E-state index contributed by atoms with van der Waals surface area (Å²) in [6.07, 6.45) is 1.72. The molecule has 5 nitrogen and oxygen atoms in total. The highest BCUT2D eigenvalue weighted by molar-refractivity contribution is 7.10. The van der Waals surface area contributed by atoms with Gasteiger partial charge < -0.3 is 10.0 Å². The number of nitrogens with zero attached hydrogens (tertiary/aromatic N) is 3. The fourth-order valence-corrected chi connectivity index (χ4v) is 5.15. The summed E-state index contributed by atoms with van der Waals surface area (Å²) in [5.41, 5.74) is 0.966. The summed E-state index contributed by atoms with van der Waals surface area (Å²) in [5.74, 6) is 0.258. The molecule has 0 aliphatic carbocycles. The SMILES string of the molecule is O=C(CN1CCN(CC(O)c2ccccc2)CC1)N1CCCC1c1cccs1. The van der Waals surface area contributed by atoms with E-state index in [-0.39, 0.29) is 11.9 Å². The van der Waals surface area contributed by atoms with Crippen molar-refractivity contribution in [2.45, 2.75) is 25.0 Å². The highest BCUT2D eigenvalue weighted by atomic mass is 32.1. The summed E-state index contributed by atoms with van der Waals surface area (Å²) in [4.78, 5) is 20.8. The number of hydrogen-bond acceptors (Lipinski definition) is 5. The van der Waals surface area contributed by atoms with E-state index in [1.165, 1.54) is 4.88 Å². The molecule has 2 aliphatic heterocycles. The van der Waals surface area contributed by atoms with Crippen LogP contribution in [0.2, 0.25) is 0 Å². The van der Waals surface area contributed by atoms with Crippen LogP contribution in [0.1, 0.15) is 35.4 Å². The molecule has 1 aromatic heterocycles. The van der Waals surface area contributed by atoms with Crippen LogP contribution < -0.4 is 0 Å². The molecule has 2 unspecified atom stereocenters. The Bertz CT molecular complexity index is 744. The Morgan fingerprint density at radius 3 is 2.50 bits per heavy atom. The van der Waals surface area contributed by atoms with Crippen molar-refractivity contribution in [2.75, 3.05) is 45.8 Å². The average molecular weight is 400 g/mol. The van der Waals surface area contributed by atoms with E-state index in [0.717, 1.165) is 51.1 Å². The monoisotopic (exact) mass is 399 g/mol. The van der Waals surface area contributed by atoms with E-state index in [0.29, 0.717) is 13.1 Å². The molecule has 2 aliphatic rings. The van der Waals surface area contributed by atoms with Crippen LogP contribution in [0.4, 0.5) is 0 Å². The van der Waals surface area contributed by atoms with Crippen molar-refractivity contribution in [1.82, 2.24) is 14.7 Å². The smallest absolute Gasteiger partial charge is 0.237 e. The van der Waals surface area contributed by atoms with Gasteiger partial charge in [-0.15, -0.1) is 11.3 Å². The maximum Gasteiger partial charge on any atom is 0.237 e. The maximum absolute atomic E-state index is 12.9. The van der Waals surface area contributed by atoms with E-state index >= 15 is 0 Å². The number of β-amino-alcohol motifs (C(OH)–C–C–N with tert-alkyl or cyclic N) is 1. The molecule has 28 heavy (non-hydrogen) atoms. The van der Waals surface area contributed by atoms with Crippen molar-refractivity contribution in [3.8, 4) is 0 Å². The minimum Gasteiger partial charge on any atom is -0.387 e. The van der Waals surface area contributed by atoms with Gasteiger partial charge in [-0.1, -0.05) is 36.4 Å². The lowest BCUT2D eigenvalue weighted by atomic mass is 10.1. The summed E-state index contributed by atoms with van der Waals surface area (Å²) < 4.78 is 0. The average Bonchev–Trinajstić information content (AvgIpc) is 3.41. The highest BCUT2D eigenvalue weighted by Gasteiger charge is 2.32. The number of aliphatic hydroxyl groups excluding tert-OH is 1. The molecule has 3 heterocycles. The number of hydrogen-bond donors (Lipinski definition) is 1. The Kier molecular flexibility index (Phi) is 6.42. The zero-order valence-corrected chi connectivity index (χ0v) is 17.1. The summed E-state index contributed by atoms with van der Waals surface area (Å²) in [6, 6.07) is 14.3. The molecule has 0 bridgehead atoms. The van der Waals surface area contributed by atoms with Gasteiger partial charge in [0.1, 0.15) is 0 Å². The lowest BCUT2D eigenvalue weighted by Crippen LogP contribution is -2.50. The second-order valence-electron chi connectivity index (χ2n) is 7.76. The first-order chi connectivity index (χ1) is 13.7. The van der Waals surface area contributed by atoms with Crippen molar-refractivity contribution < 1.29 is 9.90 Å². The number of carbonyl (C=O) groups excluding carboxylic acids is 1. The van der Waals surface area contributed by atoms with Crippen LogP contribution in [0, 0.1) is 0 Å². The third-order valence-electron chi connectivity index (χ3n) is 5.88. The number of piperazine rings is 1. The van der Waals surface area contributed by atoms with Crippen molar-refractivity contribution in [1.29, 1.82) is 0 Å². The Morgan fingerprint density at radius 2 is 1.79 bits per heavy atom. The molecule has 2 aromatic rings. The minimum atomic E-state index is -0.453. The molecule has 2 atom stereocenters. The molecule has 4 rings (SSSR count). The number of amides is 1. The number of likely N-dealkylation sites (tertiary alicyclic amines) is 1. The molecule has 1 amide bonds. The van der Waals surface area contributed by atoms with E-state index in [4.69, 9.17) is 0 Å². The van der Waals surface area contributed by atoms with Gasteiger partial charge in [0, 0.05) is 44.1 Å². The van der Waals surface area contributed by atoms with E-state index < -0.39 is 6.10 Å². The summed E-state index contributed by atoms with van der Waals surface area (Å²) >= 11 is 1.75. The van der Waals surface area contributed by atoms with Crippen LogP contribution in [0.25, 0.3) is 0 Å². The number of rotatable bonds is 6. The third kappa shape index (κ3) is 4.63. The Hall–Kier alpha value is -1.73. The van der Waals surface area contributed by atoms with Gasteiger partial charge in [0.2, 0.25) is 5.91 Å². The molecule has 2 saturated heterocycles. The predicted molar refractivity (Wildman–Crippen MR) is 112 cm³/mol. The van der Waals surface area contributed by atoms with E-state index in [2.05, 4.69) is 32.2 Å². The molecule has 2 fully saturated rings. The van der Waals surface area contributed by atoms with Crippen LogP contribution in [0.3, 0.4) is 0 Å². The molecular weight excluding hydrogens is 370 g/mol. The van der Waals surface area contributed by atoms with Gasteiger partial charge in [-0.05, 0) is 29.9 Å². The number of carbonyl (C=O) groups is 1. The van der Waals surface area contributed by atoms with Crippen LogP contribution in [0.15, 0.2) is 47.8 Å². The van der Waals surface area contributed by atoms with E-state index in [1.54, 1.807) is 11.3 Å². The standard InChI is InChI=1S/C22H29N3O2S/c26-20(18-6-2-1-3-7-18)16-23-11-13-24(14-12-23)17-22(27)25-10-4-8-19(25)21-9-5-15-28-21/h1-3,5-7,9,15,19-20,26H,4,8,10-14,16-17H2. The largest absolute Gasteiger partial charge is 0.387 e. The van der Waals surface area contributed by atoms with Gasteiger partial charge in [-0.2, -0.15) is 0 Å². The van der Waals surface area contributed by atoms with Crippen LogP contribution >= 0.6 is 11.3 Å². The lowest BCUT2D eigenvalue weighted by molar-refractivity contribution is -0.133. The molecular formula is C22H29N3O2S. The summed E-state index contributed by atoms with van der Waals surface area (Å²) in [5, 5.41) is 12.5. The maximum atomic E-state index is 12.9. The fraction of sp³-hybridized carbons (Fsp3) is 0.500. The number of aliphatic hydroxyl groups is 1. The summed E-state index contributed by atoms with van der Waals surface area (Å²) in [7, 11) is 0. The quantitative estimate of drug-likeness (QED) is 0.811. The number of benzene rings is 1. The molecule has 150 valence electrons. The second-order valence-corrected chi connectivity index (χ2v) is 8.74. The first-order valence-electron chi connectivity index (χ1n) is 10.2. The van der Waals surface area contributed by atoms with Crippen LogP contribution in [-0.2, 0) is 4.79 Å². The van der Waals surface area contributed by atoms with Gasteiger partial charge >= 0.3 is 0 Å². The molecule has 1 aromatic carbocycles. The van der Waals surface area contributed by atoms with Gasteiger partial charge in [0.25, 0.3) is 0 Å². The zero-order chi connectivity index (χ0) is 19.3. The zero-order valence-electron chi connectivity index (χ0n) is 16.2. The second kappa shape index (κ2) is 9.18. The van der Waals surface area contributed by atoms with Crippen molar-refractivity contribution in [2.24, 2.45) is 0 Å². The molecule has 6 heteroatoms. The topological polar surface area (TPSA) is 47.0 Å². The number of thiophene rings is 1. The normalized spacial score (nSPS) is 22.5. The summed E-state index contributed by atoms with van der Waals surface area (Å²) in [6.45, 7) is 5.59. The van der Waals surface area contributed by atoms with Crippen LogP contribution in [0.5, 0.6) is 0 Å². The predicted octanol–water partition coefficient (Wildman–Crippen LogP) is 2.76. The van der Waals surface area contributed by atoms with Crippen molar-refractivity contribution >= 4 is 17.2 Å². The van der Waals surface area contributed by atoms with Gasteiger partial charge in [0.05, 0.1) is 18.7 Å². The van der Waals surface area contributed by atoms with Crippen molar-refractivity contribution in [3.05, 3.63) is 58.3 Å². The van der Waals surface area contributed by atoms with Crippen LogP contribution in [-0.4, -0.2) is 71.5 Å². The highest BCUT2D eigenvalue weighted by Crippen LogP contribution is 2.34. The van der Waals surface area contributed by atoms with Crippen molar-refractivity contribution in [3.63, 3.8) is 0 Å². The molecule has 1 N–H and O–H groups in total. The Balaban J connectivity index is 1.25. The Morgan fingerprint density at radius 1 is 1.04 bits per heavy atom. The third-order valence-corrected chi connectivity index (χ3v) is 6.86. The first-order valence-corrected chi connectivity index (χ1v) is 11.1. The van der Waals surface area contributed by atoms with Gasteiger partial charge in [0.15, 0.2) is 0 Å². The molecule has 0 radical (unpaired) electrons. The van der Waals surface area contributed by atoms with E-state index in [9.17, 15) is 9.90 Å². The minimum absolute atomic E-state index is 0.258. The molecule has 0 saturated carbocycles.